The van der Waals surface area contributed by atoms with Gasteiger partial charge in [0.2, 0.25) is 0 Å². The average molecular weight is 243 g/mol. The molecular weight excluding hydrogens is 224 g/mol. The summed E-state index contributed by atoms with van der Waals surface area (Å²) in [5.74, 6) is -2.41. The summed E-state index contributed by atoms with van der Waals surface area (Å²) in [6.45, 7) is 4.58. The highest BCUT2D eigenvalue weighted by atomic mass is 19.3. The molecule has 0 N–H and O–H groups in total. The molecule has 0 radical (unpaired) electrons. The molecule has 0 bridgehead atoms. The summed E-state index contributed by atoms with van der Waals surface area (Å²) in [6, 6.07) is 0. The Hall–Kier alpha value is -1.00. The van der Waals surface area contributed by atoms with Crippen LogP contribution in [0.25, 0.3) is 0 Å². The molecule has 2 rings (SSSR count). The van der Waals surface area contributed by atoms with Crippen molar-refractivity contribution >= 4 is 0 Å². The predicted molar refractivity (Wildman–Crippen MR) is 60.9 cm³/mol. The lowest BCUT2D eigenvalue weighted by Crippen LogP contribution is -2.22. The number of nitrogens with zero attached hydrogens (tertiary/aromatic N) is 3. The van der Waals surface area contributed by atoms with Crippen molar-refractivity contribution in [3.8, 4) is 0 Å². The van der Waals surface area contributed by atoms with Crippen molar-refractivity contribution in [1.29, 1.82) is 0 Å². The Labute approximate surface area is 100 Å². The minimum absolute atomic E-state index is 0.0890. The summed E-state index contributed by atoms with van der Waals surface area (Å²) < 4.78 is 29.6. The number of aromatic nitrogens is 3. The molecule has 1 aliphatic carbocycles. The normalized spacial score (nSPS) is 23.9. The fourth-order valence-corrected chi connectivity index (χ4v) is 2.52. The zero-order valence-corrected chi connectivity index (χ0v) is 10.4. The number of halogens is 2. The van der Waals surface area contributed by atoms with Gasteiger partial charge in [0.25, 0.3) is 5.92 Å². The Morgan fingerprint density at radius 3 is 2.76 bits per heavy atom. The molecule has 0 aromatic carbocycles. The van der Waals surface area contributed by atoms with Crippen LogP contribution in [0.1, 0.15) is 50.9 Å². The highest BCUT2D eigenvalue weighted by molar-refractivity contribution is 5.17. The molecule has 1 aromatic rings. The van der Waals surface area contributed by atoms with Gasteiger partial charge in [-0.1, -0.05) is 18.6 Å². The second kappa shape index (κ2) is 4.70. The Bertz CT molecular complexity index is 387. The molecular formula is C12H19F2N3. The van der Waals surface area contributed by atoms with E-state index < -0.39 is 5.92 Å². The molecule has 96 valence electrons. The van der Waals surface area contributed by atoms with Gasteiger partial charge in [0.15, 0.2) is 5.69 Å². The van der Waals surface area contributed by atoms with Crippen LogP contribution in [-0.4, -0.2) is 15.0 Å². The molecule has 0 amide bonds. The molecule has 3 nitrogen and oxygen atoms in total. The maximum Gasteiger partial charge on any atom is 0.293 e. The van der Waals surface area contributed by atoms with E-state index in [-0.39, 0.29) is 12.1 Å². The first-order valence-corrected chi connectivity index (χ1v) is 6.39. The molecule has 0 saturated heterocycles. The van der Waals surface area contributed by atoms with Crippen molar-refractivity contribution in [1.82, 2.24) is 15.0 Å². The third-order valence-electron chi connectivity index (χ3n) is 3.72. The lowest BCUT2D eigenvalue weighted by atomic mass is 9.88. The first-order chi connectivity index (χ1) is 8.08. The predicted octanol–water partition coefficient (Wildman–Crippen LogP) is 3.14. The summed E-state index contributed by atoms with van der Waals surface area (Å²) in [6.07, 6.45) is 3.10. The number of hydrogen-bond acceptors (Lipinski definition) is 2. The summed E-state index contributed by atoms with van der Waals surface area (Å²) in [7, 11) is 0. The third kappa shape index (κ3) is 2.33. The number of hydrogen-bond donors (Lipinski definition) is 0. The second-order valence-electron chi connectivity index (χ2n) is 4.76. The molecule has 0 fully saturated rings. The monoisotopic (exact) mass is 243 g/mol. The van der Waals surface area contributed by atoms with Gasteiger partial charge in [0, 0.05) is 13.0 Å². The molecule has 1 aliphatic rings. The van der Waals surface area contributed by atoms with Gasteiger partial charge < -0.3 is 0 Å². The van der Waals surface area contributed by atoms with Crippen LogP contribution in [-0.2, 0) is 18.9 Å². The SMILES string of the molecule is CCC1CCc2c(nnn2CC)C(F)(F)CC1. The smallest absolute Gasteiger partial charge is 0.249 e. The van der Waals surface area contributed by atoms with E-state index in [1.807, 2.05) is 6.92 Å². The van der Waals surface area contributed by atoms with Crippen molar-refractivity contribution in [2.45, 2.75) is 58.4 Å². The zero-order valence-electron chi connectivity index (χ0n) is 10.4. The van der Waals surface area contributed by atoms with Gasteiger partial charge >= 0.3 is 0 Å². The topological polar surface area (TPSA) is 30.7 Å². The van der Waals surface area contributed by atoms with Gasteiger partial charge in [0.05, 0.1) is 5.69 Å². The van der Waals surface area contributed by atoms with Crippen LogP contribution in [0.4, 0.5) is 8.78 Å². The average Bonchev–Trinajstić information content (AvgIpc) is 2.71. The van der Waals surface area contributed by atoms with E-state index in [9.17, 15) is 8.78 Å². The lowest BCUT2D eigenvalue weighted by Gasteiger charge is -2.23. The van der Waals surface area contributed by atoms with Gasteiger partial charge in [-0.2, -0.15) is 8.78 Å². The van der Waals surface area contributed by atoms with E-state index in [2.05, 4.69) is 17.2 Å². The highest BCUT2D eigenvalue weighted by Crippen LogP contribution is 2.38. The fourth-order valence-electron chi connectivity index (χ4n) is 2.52. The zero-order chi connectivity index (χ0) is 12.5. The number of alkyl halides is 2. The second-order valence-corrected chi connectivity index (χ2v) is 4.76. The fraction of sp³-hybridized carbons (Fsp3) is 0.833. The van der Waals surface area contributed by atoms with Crippen LogP contribution >= 0.6 is 0 Å². The van der Waals surface area contributed by atoms with Gasteiger partial charge in [-0.25, -0.2) is 4.68 Å². The molecule has 1 atom stereocenters. The highest BCUT2D eigenvalue weighted by Gasteiger charge is 2.39. The number of fused-ring (bicyclic) bond motifs is 1. The van der Waals surface area contributed by atoms with Crippen molar-refractivity contribution in [2.75, 3.05) is 0 Å². The molecule has 1 unspecified atom stereocenters. The van der Waals surface area contributed by atoms with E-state index in [1.165, 1.54) is 0 Å². The quantitative estimate of drug-likeness (QED) is 0.799. The third-order valence-corrected chi connectivity index (χ3v) is 3.72. The minimum atomic E-state index is -2.81. The van der Waals surface area contributed by atoms with Crippen LogP contribution in [0.2, 0.25) is 0 Å². The van der Waals surface area contributed by atoms with Gasteiger partial charge in [0.1, 0.15) is 0 Å². The van der Waals surface area contributed by atoms with Crippen LogP contribution < -0.4 is 0 Å². The van der Waals surface area contributed by atoms with Crippen molar-refractivity contribution in [3.05, 3.63) is 11.4 Å². The largest absolute Gasteiger partial charge is 0.293 e. The first kappa shape index (κ1) is 12.5. The van der Waals surface area contributed by atoms with E-state index in [4.69, 9.17) is 0 Å². The van der Waals surface area contributed by atoms with Gasteiger partial charge in [-0.3, -0.25) is 0 Å². The van der Waals surface area contributed by atoms with E-state index in [0.717, 1.165) is 12.8 Å². The van der Waals surface area contributed by atoms with Crippen molar-refractivity contribution in [3.63, 3.8) is 0 Å². The molecule has 1 heterocycles. The standard InChI is InChI=1S/C12H19F2N3/c1-3-9-5-6-10-11(12(13,14)8-7-9)15-16-17(10)4-2/h9H,3-8H2,1-2H3. The van der Waals surface area contributed by atoms with E-state index in [0.29, 0.717) is 31.0 Å². The number of aryl methyl sites for hydroxylation is 1. The summed E-state index contributed by atoms with van der Waals surface area (Å²) in [4.78, 5) is 0. The Kier molecular flexibility index (Phi) is 3.45. The molecule has 0 aliphatic heterocycles. The van der Waals surface area contributed by atoms with E-state index >= 15 is 0 Å². The maximum atomic E-state index is 14.0. The van der Waals surface area contributed by atoms with E-state index in [1.54, 1.807) is 4.68 Å². The molecule has 5 heteroatoms. The Morgan fingerprint density at radius 2 is 2.12 bits per heavy atom. The lowest BCUT2D eigenvalue weighted by molar-refractivity contribution is -0.0270. The first-order valence-electron chi connectivity index (χ1n) is 6.39. The molecule has 17 heavy (non-hydrogen) atoms. The van der Waals surface area contributed by atoms with Gasteiger partial charge in [-0.15, -0.1) is 5.10 Å². The molecule has 0 saturated carbocycles. The Morgan fingerprint density at radius 1 is 1.35 bits per heavy atom. The van der Waals surface area contributed by atoms with Crippen LogP contribution in [0.5, 0.6) is 0 Å². The summed E-state index contributed by atoms with van der Waals surface area (Å²) >= 11 is 0. The summed E-state index contributed by atoms with van der Waals surface area (Å²) in [5, 5.41) is 7.53. The van der Waals surface area contributed by atoms with Gasteiger partial charge in [-0.05, 0) is 32.1 Å². The minimum Gasteiger partial charge on any atom is -0.249 e. The number of rotatable bonds is 2. The van der Waals surface area contributed by atoms with Crippen LogP contribution in [0.15, 0.2) is 0 Å². The maximum absolute atomic E-state index is 14.0. The van der Waals surface area contributed by atoms with Crippen LogP contribution in [0.3, 0.4) is 0 Å². The van der Waals surface area contributed by atoms with Crippen LogP contribution in [0, 0.1) is 5.92 Å². The molecule has 0 spiro atoms. The Balaban J connectivity index is 2.35. The summed E-state index contributed by atoms with van der Waals surface area (Å²) in [5.41, 5.74) is 0.546. The van der Waals surface area contributed by atoms with Crippen molar-refractivity contribution in [2.24, 2.45) is 5.92 Å². The molecule has 1 aromatic heterocycles. The van der Waals surface area contributed by atoms with Crippen molar-refractivity contribution < 1.29 is 8.78 Å².